The van der Waals surface area contributed by atoms with Crippen molar-refractivity contribution in [3.63, 3.8) is 0 Å². The van der Waals surface area contributed by atoms with Gasteiger partial charge in [-0.15, -0.1) is 5.06 Å². The summed E-state index contributed by atoms with van der Waals surface area (Å²) in [5.74, 6) is -3.57. The molecule has 4 amide bonds. The highest BCUT2D eigenvalue weighted by molar-refractivity contribution is 6.03. The zero-order chi connectivity index (χ0) is 19.9. The molecule has 2 heterocycles. The topological polar surface area (TPSA) is 110 Å². The second-order valence-corrected chi connectivity index (χ2v) is 8.19. The van der Waals surface area contributed by atoms with Crippen LogP contribution in [0.15, 0.2) is 0 Å². The first-order valence-electron chi connectivity index (χ1n) is 8.46. The molecule has 0 aromatic rings. The van der Waals surface area contributed by atoms with Gasteiger partial charge in [-0.3, -0.25) is 24.0 Å². The number of nitrogens with zero attached hydrogens (tertiary/aromatic N) is 2. The van der Waals surface area contributed by atoms with Crippen molar-refractivity contribution in [2.45, 2.75) is 65.9 Å². The Morgan fingerprint density at radius 2 is 1.50 bits per heavy atom. The van der Waals surface area contributed by atoms with E-state index in [1.807, 2.05) is 0 Å². The van der Waals surface area contributed by atoms with Gasteiger partial charge < -0.3 is 4.84 Å². The molecule has 2 rings (SSSR count). The summed E-state index contributed by atoms with van der Waals surface area (Å²) in [4.78, 5) is 70.2. The van der Waals surface area contributed by atoms with E-state index in [-0.39, 0.29) is 25.7 Å². The first-order valence-corrected chi connectivity index (χ1v) is 8.46. The number of hydroxylamine groups is 4. The first-order chi connectivity index (χ1) is 11.8. The predicted octanol–water partition coefficient (Wildman–Crippen LogP) is 1.12. The Bertz CT molecular complexity index is 647. The van der Waals surface area contributed by atoms with Crippen molar-refractivity contribution in [1.82, 2.24) is 10.1 Å². The maximum atomic E-state index is 12.4. The summed E-state index contributed by atoms with van der Waals surface area (Å²) in [6.07, 6.45) is 0.127. The molecule has 0 N–H and O–H groups in total. The number of hydrogen-bond donors (Lipinski definition) is 0. The molecule has 2 fully saturated rings. The maximum Gasteiger partial charge on any atom is 0.338 e. The lowest BCUT2D eigenvalue weighted by Gasteiger charge is -2.30. The predicted molar refractivity (Wildman–Crippen MR) is 86.4 cm³/mol. The van der Waals surface area contributed by atoms with Gasteiger partial charge in [0.05, 0.1) is 16.9 Å². The number of carbonyl (C=O) groups is 5. The van der Waals surface area contributed by atoms with Crippen LogP contribution in [-0.4, -0.2) is 45.3 Å². The number of carbonyl (C=O) groups excluding carboxylic acids is 5. The van der Waals surface area contributed by atoms with Gasteiger partial charge in [0, 0.05) is 19.3 Å². The molecule has 9 nitrogen and oxygen atoms in total. The van der Waals surface area contributed by atoms with Gasteiger partial charge in [-0.1, -0.05) is 0 Å². The SMILES string of the molecule is CC(C)(CC1CC(=O)N(OC(=O)C(C)(C)C)C1=O)ON1C(=O)CCC1=O. The van der Waals surface area contributed by atoms with E-state index in [9.17, 15) is 24.0 Å². The molecular formula is C17H24N2O7. The van der Waals surface area contributed by atoms with Crippen molar-refractivity contribution in [2.24, 2.45) is 11.3 Å². The van der Waals surface area contributed by atoms with Gasteiger partial charge in [0.2, 0.25) is 0 Å². The molecule has 1 atom stereocenters. The van der Waals surface area contributed by atoms with Crippen LogP contribution in [0.5, 0.6) is 0 Å². The van der Waals surface area contributed by atoms with Gasteiger partial charge in [-0.2, -0.15) is 5.06 Å². The minimum atomic E-state index is -1.04. The Hall–Kier alpha value is -2.29. The highest BCUT2D eigenvalue weighted by Crippen LogP contribution is 2.32. The van der Waals surface area contributed by atoms with Crippen molar-refractivity contribution in [3.05, 3.63) is 0 Å². The van der Waals surface area contributed by atoms with Crippen LogP contribution in [0.3, 0.4) is 0 Å². The maximum absolute atomic E-state index is 12.4. The van der Waals surface area contributed by atoms with E-state index in [2.05, 4.69) is 0 Å². The fourth-order valence-corrected chi connectivity index (χ4v) is 2.68. The van der Waals surface area contributed by atoms with Gasteiger partial charge in [0.15, 0.2) is 0 Å². The Kier molecular flexibility index (Phi) is 5.23. The van der Waals surface area contributed by atoms with Crippen molar-refractivity contribution in [2.75, 3.05) is 0 Å². The van der Waals surface area contributed by atoms with E-state index < -0.39 is 46.5 Å². The summed E-state index contributed by atoms with van der Waals surface area (Å²) < 4.78 is 0. The minimum Gasteiger partial charge on any atom is -0.330 e. The summed E-state index contributed by atoms with van der Waals surface area (Å²) in [7, 11) is 0. The minimum absolute atomic E-state index is 0.0815. The molecule has 144 valence electrons. The molecular weight excluding hydrogens is 344 g/mol. The average Bonchev–Trinajstić information content (AvgIpc) is 2.93. The Morgan fingerprint density at radius 3 is 2.00 bits per heavy atom. The molecule has 26 heavy (non-hydrogen) atoms. The Morgan fingerprint density at radius 1 is 0.962 bits per heavy atom. The van der Waals surface area contributed by atoms with E-state index in [0.29, 0.717) is 5.06 Å². The van der Waals surface area contributed by atoms with Gasteiger partial charge in [0.25, 0.3) is 23.6 Å². The molecule has 0 bridgehead atoms. The largest absolute Gasteiger partial charge is 0.338 e. The van der Waals surface area contributed by atoms with Crippen LogP contribution in [0, 0.1) is 11.3 Å². The standard InChI is InChI=1S/C17H24N2O7/c1-16(2,3)15(24)25-19-13(22)8-10(14(19)23)9-17(4,5)26-18-11(20)6-7-12(18)21/h10H,6-9H2,1-5H3. The summed E-state index contributed by atoms with van der Waals surface area (Å²) in [6.45, 7) is 8.07. The van der Waals surface area contributed by atoms with Crippen LogP contribution in [0.2, 0.25) is 0 Å². The van der Waals surface area contributed by atoms with Crippen LogP contribution in [0.25, 0.3) is 0 Å². The van der Waals surface area contributed by atoms with Crippen molar-refractivity contribution >= 4 is 29.6 Å². The van der Waals surface area contributed by atoms with Gasteiger partial charge in [0.1, 0.15) is 0 Å². The molecule has 0 aromatic carbocycles. The normalized spacial score (nSPS) is 21.8. The number of amides is 4. The van der Waals surface area contributed by atoms with E-state index in [1.54, 1.807) is 34.6 Å². The molecule has 0 aromatic heterocycles. The number of hydrogen-bond acceptors (Lipinski definition) is 7. The van der Waals surface area contributed by atoms with Crippen LogP contribution < -0.4 is 0 Å². The molecule has 0 aliphatic carbocycles. The number of imide groups is 2. The summed E-state index contributed by atoms with van der Waals surface area (Å²) in [6, 6.07) is 0. The number of rotatable bonds is 5. The zero-order valence-corrected chi connectivity index (χ0v) is 15.7. The van der Waals surface area contributed by atoms with E-state index in [1.165, 1.54) is 0 Å². The lowest BCUT2D eigenvalue weighted by Crippen LogP contribution is -2.42. The monoisotopic (exact) mass is 368 g/mol. The van der Waals surface area contributed by atoms with Crippen molar-refractivity contribution in [1.29, 1.82) is 0 Å². The van der Waals surface area contributed by atoms with Crippen molar-refractivity contribution in [3.8, 4) is 0 Å². The van der Waals surface area contributed by atoms with E-state index in [4.69, 9.17) is 9.68 Å². The molecule has 2 aliphatic rings. The lowest BCUT2D eigenvalue weighted by molar-refractivity contribution is -0.226. The second-order valence-electron chi connectivity index (χ2n) is 8.19. The third-order valence-corrected chi connectivity index (χ3v) is 4.07. The quantitative estimate of drug-likeness (QED) is 0.669. The van der Waals surface area contributed by atoms with Gasteiger partial charge >= 0.3 is 5.97 Å². The first kappa shape index (κ1) is 20.0. The Labute approximate surface area is 151 Å². The lowest BCUT2D eigenvalue weighted by atomic mass is 9.92. The average molecular weight is 368 g/mol. The van der Waals surface area contributed by atoms with E-state index in [0.717, 1.165) is 5.06 Å². The van der Waals surface area contributed by atoms with Crippen LogP contribution in [0.1, 0.15) is 60.3 Å². The molecule has 0 spiro atoms. The van der Waals surface area contributed by atoms with Gasteiger partial charge in [-0.25, -0.2) is 4.79 Å². The molecule has 0 radical (unpaired) electrons. The molecule has 0 saturated carbocycles. The van der Waals surface area contributed by atoms with Crippen LogP contribution >= 0.6 is 0 Å². The highest BCUT2D eigenvalue weighted by atomic mass is 16.7. The van der Waals surface area contributed by atoms with Crippen LogP contribution in [-0.2, 0) is 33.6 Å². The smallest absolute Gasteiger partial charge is 0.330 e. The van der Waals surface area contributed by atoms with Crippen LogP contribution in [0.4, 0.5) is 0 Å². The molecule has 2 aliphatic heterocycles. The van der Waals surface area contributed by atoms with E-state index >= 15 is 0 Å². The third kappa shape index (κ3) is 4.27. The summed E-state index contributed by atoms with van der Waals surface area (Å²) in [5.41, 5.74) is -1.90. The third-order valence-electron chi connectivity index (χ3n) is 4.07. The second kappa shape index (κ2) is 6.79. The van der Waals surface area contributed by atoms with Gasteiger partial charge in [-0.05, 0) is 41.0 Å². The van der Waals surface area contributed by atoms with Crippen molar-refractivity contribution < 1.29 is 33.6 Å². The zero-order valence-electron chi connectivity index (χ0n) is 15.7. The fraction of sp³-hybridized carbons (Fsp3) is 0.706. The summed E-state index contributed by atoms with van der Waals surface area (Å²) in [5, 5.41) is 1.22. The molecule has 1 unspecified atom stereocenters. The summed E-state index contributed by atoms with van der Waals surface area (Å²) >= 11 is 0. The molecule has 2 saturated heterocycles. The fourth-order valence-electron chi connectivity index (χ4n) is 2.68. The molecule has 9 heteroatoms. The Balaban J connectivity index is 2.02. The highest BCUT2D eigenvalue weighted by Gasteiger charge is 2.46.